The molecule has 2 N–H and O–H groups in total. The molecule has 9 heteroatoms. The van der Waals surface area contributed by atoms with Gasteiger partial charge in [0.15, 0.2) is 0 Å². The minimum absolute atomic E-state index is 0.0427. The van der Waals surface area contributed by atoms with Crippen LogP contribution in [0.1, 0.15) is 24.3 Å². The maximum Gasteiger partial charge on any atom is 0.445 e. The van der Waals surface area contributed by atoms with Gasteiger partial charge in [0.05, 0.1) is 5.92 Å². The van der Waals surface area contributed by atoms with E-state index >= 15 is 0 Å². The van der Waals surface area contributed by atoms with Crippen molar-refractivity contribution in [3.63, 3.8) is 0 Å². The average Bonchev–Trinajstić information content (AvgIpc) is 3.00. The molecule has 2 bridgehead atoms. The zero-order valence-corrected chi connectivity index (χ0v) is 11.0. The molecule has 0 aromatic carbocycles. The first-order valence-electron chi connectivity index (χ1n) is 6.26. The Morgan fingerprint density at radius 1 is 1.30 bits per heavy atom. The number of rotatable bonds is 3. The van der Waals surface area contributed by atoms with Crippen molar-refractivity contribution in [1.29, 1.82) is 0 Å². The number of alkyl halides is 3. The molecule has 5 nitrogen and oxygen atoms in total. The maximum atomic E-state index is 12.5. The molecule has 0 spiro atoms. The molecule has 0 amide bonds. The Bertz CT molecular complexity index is 533. The van der Waals surface area contributed by atoms with Crippen LogP contribution in [-0.2, 0) is 11.0 Å². The molecule has 2 fully saturated rings. The normalized spacial score (nSPS) is 32.5. The second kappa shape index (κ2) is 4.57. The zero-order valence-electron chi connectivity index (χ0n) is 10.2. The molecule has 20 heavy (non-hydrogen) atoms. The molecule has 3 rings (SSSR count). The lowest BCUT2D eigenvalue weighted by Gasteiger charge is -2.28. The van der Waals surface area contributed by atoms with E-state index in [-0.39, 0.29) is 23.0 Å². The number of aromatic nitrogens is 2. The van der Waals surface area contributed by atoms with E-state index in [1.54, 1.807) is 0 Å². The van der Waals surface area contributed by atoms with Gasteiger partial charge in [-0.1, -0.05) is 11.3 Å². The molecule has 2 saturated carbocycles. The molecule has 0 radical (unpaired) electrons. The van der Waals surface area contributed by atoms with Gasteiger partial charge in [0.1, 0.15) is 0 Å². The van der Waals surface area contributed by atoms with Gasteiger partial charge in [-0.05, 0) is 31.1 Å². The number of hydrogen-bond donors (Lipinski definition) is 2. The first-order chi connectivity index (χ1) is 9.36. The molecule has 1 aromatic rings. The number of nitrogens with zero attached hydrogens (tertiary/aromatic N) is 2. The number of anilines is 1. The molecular weight excluding hydrogens is 295 g/mol. The lowest BCUT2D eigenvalue weighted by molar-refractivity contribution is -0.143. The summed E-state index contributed by atoms with van der Waals surface area (Å²) in [6, 6.07) is -0.347. The van der Waals surface area contributed by atoms with Crippen LogP contribution in [-0.4, -0.2) is 27.3 Å². The third-order valence-corrected chi connectivity index (χ3v) is 5.06. The lowest BCUT2D eigenvalue weighted by atomic mass is 9.84. The van der Waals surface area contributed by atoms with Crippen molar-refractivity contribution in [2.75, 3.05) is 5.32 Å². The number of carboxylic acids is 1. The Morgan fingerprint density at radius 3 is 2.60 bits per heavy atom. The van der Waals surface area contributed by atoms with E-state index in [9.17, 15) is 23.1 Å². The zero-order chi connectivity index (χ0) is 14.5. The Hall–Kier alpha value is -1.38. The van der Waals surface area contributed by atoms with Crippen molar-refractivity contribution in [3.05, 3.63) is 5.01 Å². The Morgan fingerprint density at radius 2 is 2.00 bits per heavy atom. The summed E-state index contributed by atoms with van der Waals surface area (Å²) in [5.41, 5.74) is 0. The summed E-state index contributed by atoms with van der Waals surface area (Å²) < 4.78 is 37.4. The molecule has 1 heterocycles. The average molecular weight is 307 g/mol. The van der Waals surface area contributed by atoms with Crippen molar-refractivity contribution in [3.8, 4) is 0 Å². The van der Waals surface area contributed by atoms with Crippen molar-refractivity contribution < 1.29 is 23.1 Å². The fourth-order valence-corrected chi connectivity index (χ4v) is 4.05. The van der Waals surface area contributed by atoms with Gasteiger partial charge in [0.25, 0.3) is 0 Å². The fraction of sp³-hybridized carbons (Fsp3) is 0.727. The predicted octanol–water partition coefficient (Wildman–Crippen LogP) is 2.47. The van der Waals surface area contributed by atoms with Gasteiger partial charge in [-0.3, -0.25) is 4.79 Å². The van der Waals surface area contributed by atoms with Gasteiger partial charge in [-0.2, -0.15) is 13.2 Å². The minimum atomic E-state index is -4.52. The van der Waals surface area contributed by atoms with Crippen molar-refractivity contribution >= 4 is 22.4 Å². The molecule has 4 unspecified atom stereocenters. The highest BCUT2D eigenvalue weighted by atomic mass is 32.1. The monoisotopic (exact) mass is 307 g/mol. The third-order valence-electron chi connectivity index (χ3n) is 4.16. The number of hydrogen-bond acceptors (Lipinski definition) is 5. The number of aliphatic carboxylic acids is 1. The number of nitrogens with one attached hydrogen (secondary N) is 1. The van der Waals surface area contributed by atoms with Crippen LogP contribution in [0.5, 0.6) is 0 Å². The molecule has 2 aliphatic rings. The molecule has 2 aliphatic carbocycles. The van der Waals surface area contributed by atoms with E-state index in [4.69, 9.17) is 0 Å². The van der Waals surface area contributed by atoms with Crippen molar-refractivity contribution in [1.82, 2.24) is 10.2 Å². The summed E-state index contributed by atoms with van der Waals surface area (Å²) in [4.78, 5) is 11.3. The number of halogens is 3. The summed E-state index contributed by atoms with van der Waals surface area (Å²) in [7, 11) is 0. The van der Waals surface area contributed by atoms with Crippen LogP contribution in [0.2, 0.25) is 0 Å². The van der Waals surface area contributed by atoms with E-state index < -0.39 is 23.1 Å². The SMILES string of the molecule is O=C(O)C1C2CCC(C2)C1Nc1nnc(C(F)(F)F)s1. The molecule has 1 aromatic heterocycles. The summed E-state index contributed by atoms with van der Waals surface area (Å²) in [6.45, 7) is 0. The van der Waals surface area contributed by atoms with Crippen LogP contribution in [0.4, 0.5) is 18.3 Å². The quantitative estimate of drug-likeness (QED) is 0.897. The highest BCUT2D eigenvalue weighted by Crippen LogP contribution is 2.49. The van der Waals surface area contributed by atoms with Gasteiger partial charge in [-0.25, -0.2) is 0 Å². The number of carboxylic acid groups (broad SMARTS) is 1. The van der Waals surface area contributed by atoms with Gasteiger partial charge in [0.2, 0.25) is 10.1 Å². The maximum absolute atomic E-state index is 12.5. The van der Waals surface area contributed by atoms with Crippen LogP contribution >= 0.6 is 11.3 Å². The van der Waals surface area contributed by atoms with Gasteiger partial charge in [-0.15, -0.1) is 10.2 Å². The second-order valence-electron chi connectivity index (χ2n) is 5.28. The third kappa shape index (κ3) is 2.23. The summed E-state index contributed by atoms with van der Waals surface area (Å²) in [6.07, 6.45) is -1.90. The molecular formula is C11H12F3N3O2S. The smallest absolute Gasteiger partial charge is 0.445 e. The van der Waals surface area contributed by atoms with Gasteiger partial charge >= 0.3 is 12.1 Å². The summed E-state index contributed by atoms with van der Waals surface area (Å²) >= 11 is 0.417. The van der Waals surface area contributed by atoms with Crippen LogP contribution in [0.25, 0.3) is 0 Å². The van der Waals surface area contributed by atoms with E-state index in [1.807, 2.05) is 0 Å². The van der Waals surface area contributed by atoms with E-state index in [0.29, 0.717) is 11.3 Å². The Labute approximate surface area is 116 Å². The summed E-state index contributed by atoms with van der Waals surface area (Å²) in [5.74, 6) is -1.13. The van der Waals surface area contributed by atoms with Gasteiger partial charge < -0.3 is 10.4 Å². The lowest BCUT2D eigenvalue weighted by Crippen LogP contribution is -2.39. The highest BCUT2D eigenvalue weighted by molar-refractivity contribution is 7.15. The fourth-order valence-electron chi connectivity index (χ4n) is 3.39. The van der Waals surface area contributed by atoms with E-state index in [2.05, 4.69) is 15.5 Å². The van der Waals surface area contributed by atoms with Crippen molar-refractivity contribution in [2.24, 2.45) is 17.8 Å². The second-order valence-corrected chi connectivity index (χ2v) is 6.26. The van der Waals surface area contributed by atoms with Crippen LogP contribution in [0.15, 0.2) is 0 Å². The summed E-state index contributed by atoms with van der Waals surface area (Å²) in [5, 5.41) is 17.7. The Kier molecular flexibility index (Phi) is 3.11. The largest absolute Gasteiger partial charge is 0.481 e. The topological polar surface area (TPSA) is 75.1 Å². The Balaban J connectivity index is 1.77. The minimum Gasteiger partial charge on any atom is -0.481 e. The van der Waals surface area contributed by atoms with Crippen LogP contribution in [0.3, 0.4) is 0 Å². The highest BCUT2D eigenvalue weighted by Gasteiger charge is 2.51. The predicted molar refractivity (Wildman–Crippen MR) is 64.3 cm³/mol. The molecule has 0 aliphatic heterocycles. The molecule has 110 valence electrons. The van der Waals surface area contributed by atoms with Gasteiger partial charge in [0, 0.05) is 6.04 Å². The first kappa shape index (κ1) is 13.6. The number of carbonyl (C=O) groups is 1. The standard InChI is InChI=1S/C11H12F3N3O2S/c12-11(13,14)9-16-17-10(20-9)15-7-5-2-1-4(3-5)6(7)8(18)19/h4-7H,1-3H2,(H,15,17)(H,18,19). The molecule has 0 saturated heterocycles. The van der Waals surface area contributed by atoms with E-state index in [0.717, 1.165) is 19.3 Å². The molecule has 4 atom stereocenters. The van der Waals surface area contributed by atoms with Crippen molar-refractivity contribution in [2.45, 2.75) is 31.5 Å². The number of fused-ring (bicyclic) bond motifs is 2. The van der Waals surface area contributed by atoms with Crippen LogP contribution < -0.4 is 5.32 Å². The van der Waals surface area contributed by atoms with Crippen LogP contribution in [0, 0.1) is 17.8 Å². The van der Waals surface area contributed by atoms with E-state index in [1.165, 1.54) is 0 Å². The first-order valence-corrected chi connectivity index (χ1v) is 7.08.